The summed E-state index contributed by atoms with van der Waals surface area (Å²) >= 11 is 0. The Kier molecular flexibility index (Phi) is 3.43. The van der Waals surface area contributed by atoms with Crippen LogP contribution in [0.25, 0.3) is 0 Å². The van der Waals surface area contributed by atoms with Gasteiger partial charge in [0.25, 0.3) is 0 Å². The van der Waals surface area contributed by atoms with Crippen LogP contribution >= 0.6 is 0 Å². The van der Waals surface area contributed by atoms with Gasteiger partial charge in [-0.25, -0.2) is 4.79 Å². The number of hydrogen-bond donors (Lipinski definition) is 2. The van der Waals surface area contributed by atoms with E-state index in [9.17, 15) is 9.90 Å². The van der Waals surface area contributed by atoms with E-state index in [2.05, 4.69) is 0 Å². The van der Waals surface area contributed by atoms with Gasteiger partial charge in [0.05, 0.1) is 29.6 Å². The highest BCUT2D eigenvalue weighted by Crippen LogP contribution is 2.31. The van der Waals surface area contributed by atoms with Crippen LogP contribution in [-0.4, -0.2) is 36.4 Å². The van der Waals surface area contributed by atoms with Crippen LogP contribution in [0.15, 0.2) is 18.2 Å². The summed E-state index contributed by atoms with van der Waals surface area (Å²) in [6, 6.07) is 5.09. The number of rotatable bonds is 2. The standard InChI is InChI=1S/C13H18N2O3/c1-8-7-18-9(2)6-15(8)12-10(13(16)17)4-3-5-11(12)14/h3-5,8-9H,6-7,14H2,1-2H3,(H,16,17). The first-order chi connectivity index (χ1) is 8.50. The van der Waals surface area contributed by atoms with Crippen molar-refractivity contribution in [3.63, 3.8) is 0 Å². The lowest BCUT2D eigenvalue weighted by Crippen LogP contribution is -2.48. The van der Waals surface area contributed by atoms with E-state index in [1.54, 1.807) is 18.2 Å². The number of aromatic carboxylic acids is 1. The molecule has 0 amide bonds. The summed E-state index contributed by atoms with van der Waals surface area (Å²) in [4.78, 5) is 13.3. The van der Waals surface area contributed by atoms with Crippen molar-refractivity contribution in [3.8, 4) is 0 Å². The minimum absolute atomic E-state index is 0.0717. The van der Waals surface area contributed by atoms with E-state index in [4.69, 9.17) is 10.5 Å². The maximum atomic E-state index is 11.3. The molecule has 5 heteroatoms. The summed E-state index contributed by atoms with van der Waals surface area (Å²) in [5, 5.41) is 9.26. The van der Waals surface area contributed by atoms with Gasteiger partial charge in [-0.15, -0.1) is 0 Å². The summed E-state index contributed by atoms with van der Waals surface area (Å²) in [7, 11) is 0. The Bertz CT molecular complexity index is 462. The Hall–Kier alpha value is -1.75. The fourth-order valence-corrected chi connectivity index (χ4v) is 2.27. The van der Waals surface area contributed by atoms with E-state index in [0.717, 1.165) is 0 Å². The Morgan fingerprint density at radius 1 is 1.50 bits per heavy atom. The number of nitrogen functional groups attached to an aromatic ring is 1. The van der Waals surface area contributed by atoms with Gasteiger partial charge in [0.2, 0.25) is 0 Å². The van der Waals surface area contributed by atoms with E-state index in [1.807, 2.05) is 18.7 Å². The highest BCUT2D eigenvalue weighted by atomic mass is 16.5. The topological polar surface area (TPSA) is 75.8 Å². The largest absolute Gasteiger partial charge is 0.478 e. The van der Waals surface area contributed by atoms with Gasteiger partial charge in [0.15, 0.2) is 0 Å². The normalized spacial score (nSPS) is 24.0. The number of hydrogen-bond acceptors (Lipinski definition) is 4. The molecule has 0 bridgehead atoms. The van der Waals surface area contributed by atoms with E-state index in [0.29, 0.717) is 24.5 Å². The maximum absolute atomic E-state index is 11.3. The van der Waals surface area contributed by atoms with Crippen molar-refractivity contribution in [3.05, 3.63) is 23.8 Å². The van der Waals surface area contributed by atoms with E-state index < -0.39 is 5.97 Å². The number of anilines is 2. The van der Waals surface area contributed by atoms with Crippen molar-refractivity contribution in [2.24, 2.45) is 0 Å². The van der Waals surface area contributed by atoms with Crippen LogP contribution < -0.4 is 10.6 Å². The van der Waals surface area contributed by atoms with E-state index >= 15 is 0 Å². The quantitative estimate of drug-likeness (QED) is 0.779. The first-order valence-electron chi connectivity index (χ1n) is 6.00. The van der Waals surface area contributed by atoms with Crippen LogP contribution in [0.3, 0.4) is 0 Å². The molecular weight excluding hydrogens is 232 g/mol. The molecule has 0 saturated carbocycles. The number of carboxylic acid groups (broad SMARTS) is 1. The molecular formula is C13H18N2O3. The van der Waals surface area contributed by atoms with Gasteiger partial charge in [-0.1, -0.05) is 6.07 Å². The summed E-state index contributed by atoms with van der Waals surface area (Å²) in [6.07, 6.45) is 0.0717. The third kappa shape index (κ3) is 2.26. The smallest absolute Gasteiger partial charge is 0.337 e. The molecule has 1 fully saturated rings. The summed E-state index contributed by atoms with van der Waals surface area (Å²) in [5.74, 6) is -0.955. The van der Waals surface area contributed by atoms with Gasteiger partial charge in [0.1, 0.15) is 0 Å². The van der Waals surface area contributed by atoms with Gasteiger partial charge < -0.3 is 20.5 Å². The van der Waals surface area contributed by atoms with Crippen molar-refractivity contribution >= 4 is 17.3 Å². The Morgan fingerprint density at radius 3 is 2.89 bits per heavy atom. The van der Waals surface area contributed by atoms with Crippen LogP contribution in [0.1, 0.15) is 24.2 Å². The molecule has 1 aliphatic rings. The molecule has 0 aliphatic carbocycles. The number of nitrogens with zero attached hydrogens (tertiary/aromatic N) is 1. The first-order valence-corrected chi connectivity index (χ1v) is 6.00. The lowest BCUT2D eigenvalue weighted by molar-refractivity contribution is 0.0342. The molecule has 3 N–H and O–H groups in total. The second-order valence-electron chi connectivity index (χ2n) is 4.69. The lowest BCUT2D eigenvalue weighted by Gasteiger charge is -2.39. The average Bonchev–Trinajstić information content (AvgIpc) is 2.32. The van der Waals surface area contributed by atoms with Crippen molar-refractivity contribution in [2.45, 2.75) is 26.0 Å². The number of morpholine rings is 1. The molecule has 0 spiro atoms. The predicted molar refractivity (Wildman–Crippen MR) is 70.0 cm³/mol. The van der Waals surface area contributed by atoms with Crippen molar-refractivity contribution in [1.29, 1.82) is 0 Å². The van der Waals surface area contributed by atoms with Crippen LogP contribution in [0.2, 0.25) is 0 Å². The third-order valence-electron chi connectivity index (χ3n) is 3.19. The number of benzene rings is 1. The first kappa shape index (κ1) is 12.7. The minimum atomic E-state index is -0.955. The molecule has 1 saturated heterocycles. The van der Waals surface area contributed by atoms with Crippen LogP contribution in [0.5, 0.6) is 0 Å². The zero-order chi connectivity index (χ0) is 13.3. The fourth-order valence-electron chi connectivity index (χ4n) is 2.27. The lowest BCUT2D eigenvalue weighted by atomic mass is 10.1. The van der Waals surface area contributed by atoms with Crippen molar-refractivity contribution < 1.29 is 14.6 Å². The highest BCUT2D eigenvalue weighted by molar-refractivity contribution is 5.98. The van der Waals surface area contributed by atoms with E-state index in [-0.39, 0.29) is 17.7 Å². The van der Waals surface area contributed by atoms with Gasteiger partial charge in [-0.05, 0) is 26.0 Å². The number of para-hydroxylation sites is 1. The highest BCUT2D eigenvalue weighted by Gasteiger charge is 2.28. The zero-order valence-corrected chi connectivity index (χ0v) is 10.6. The van der Waals surface area contributed by atoms with Crippen molar-refractivity contribution in [1.82, 2.24) is 0 Å². The summed E-state index contributed by atoms with van der Waals surface area (Å²) in [6.45, 7) is 5.20. The second kappa shape index (κ2) is 4.86. The molecule has 18 heavy (non-hydrogen) atoms. The minimum Gasteiger partial charge on any atom is -0.478 e. The number of nitrogens with two attached hydrogens (primary N) is 1. The summed E-state index contributed by atoms with van der Waals surface area (Å²) in [5.41, 5.74) is 7.30. The zero-order valence-electron chi connectivity index (χ0n) is 10.6. The molecule has 2 unspecified atom stereocenters. The molecule has 5 nitrogen and oxygen atoms in total. The van der Waals surface area contributed by atoms with Gasteiger partial charge in [0, 0.05) is 12.6 Å². The molecule has 2 rings (SSSR count). The summed E-state index contributed by atoms with van der Waals surface area (Å²) < 4.78 is 5.55. The molecule has 1 heterocycles. The molecule has 0 aromatic heterocycles. The molecule has 2 atom stereocenters. The monoisotopic (exact) mass is 250 g/mol. The van der Waals surface area contributed by atoms with E-state index in [1.165, 1.54) is 0 Å². The SMILES string of the molecule is CC1CN(c2c(N)cccc2C(=O)O)C(C)CO1. The Labute approximate surface area is 106 Å². The Balaban J connectivity index is 2.45. The van der Waals surface area contributed by atoms with Crippen LogP contribution in [0, 0.1) is 0 Å². The Morgan fingerprint density at radius 2 is 2.22 bits per heavy atom. The predicted octanol–water partition coefficient (Wildman–Crippen LogP) is 1.58. The average molecular weight is 250 g/mol. The number of carboxylic acids is 1. The molecule has 1 aromatic rings. The maximum Gasteiger partial charge on any atom is 0.337 e. The second-order valence-corrected chi connectivity index (χ2v) is 4.69. The number of carbonyl (C=O) groups is 1. The van der Waals surface area contributed by atoms with Gasteiger partial charge in [-0.2, -0.15) is 0 Å². The molecule has 98 valence electrons. The fraction of sp³-hybridized carbons (Fsp3) is 0.462. The molecule has 1 aliphatic heterocycles. The van der Waals surface area contributed by atoms with Gasteiger partial charge in [-0.3, -0.25) is 0 Å². The molecule has 1 aromatic carbocycles. The van der Waals surface area contributed by atoms with Crippen LogP contribution in [0.4, 0.5) is 11.4 Å². The van der Waals surface area contributed by atoms with Crippen molar-refractivity contribution in [2.75, 3.05) is 23.8 Å². The molecule has 0 radical (unpaired) electrons. The van der Waals surface area contributed by atoms with Gasteiger partial charge >= 0.3 is 5.97 Å². The third-order valence-corrected chi connectivity index (χ3v) is 3.19. The number of ether oxygens (including phenoxy) is 1. The van der Waals surface area contributed by atoms with Crippen LogP contribution in [-0.2, 0) is 4.74 Å².